The summed E-state index contributed by atoms with van der Waals surface area (Å²) in [6.07, 6.45) is 6.86. The molecule has 6 rings (SSSR count). The van der Waals surface area contributed by atoms with Gasteiger partial charge < -0.3 is 25.4 Å². The first-order valence-corrected chi connectivity index (χ1v) is 11.0. The van der Waals surface area contributed by atoms with Gasteiger partial charge in [0.05, 0.1) is 11.7 Å². The highest BCUT2D eigenvalue weighted by Gasteiger charge is 2.71. The van der Waals surface area contributed by atoms with Crippen molar-refractivity contribution in [1.82, 2.24) is 0 Å². The molecule has 0 aromatic heterocycles. The number of rotatable bonds is 5. The number of hydrogen-bond donors (Lipinski definition) is 4. The summed E-state index contributed by atoms with van der Waals surface area (Å²) in [4.78, 5) is 37.0. The molecule has 32 heavy (non-hydrogen) atoms. The summed E-state index contributed by atoms with van der Waals surface area (Å²) in [6, 6.07) is 2.16. The minimum atomic E-state index is -1.38. The lowest BCUT2D eigenvalue weighted by Gasteiger charge is -2.55. The van der Waals surface area contributed by atoms with Crippen molar-refractivity contribution in [1.29, 1.82) is 0 Å². The zero-order valence-electron chi connectivity index (χ0n) is 18.1. The molecule has 0 radical (unpaired) electrons. The molecule has 1 aromatic carbocycles. The van der Waals surface area contributed by atoms with Gasteiger partial charge in [0.1, 0.15) is 17.0 Å². The van der Waals surface area contributed by atoms with Gasteiger partial charge in [-0.1, -0.05) is 13.0 Å². The molecular formula is C24H27NO7. The number of carbonyl (C=O) groups is 3. The molecule has 3 unspecified atom stereocenters. The van der Waals surface area contributed by atoms with Crippen LogP contribution < -0.4 is 5.32 Å². The quantitative estimate of drug-likeness (QED) is 0.516. The number of carboxylic acids is 1. The zero-order chi connectivity index (χ0) is 23.1. The summed E-state index contributed by atoms with van der Waals surface area (Å²) >= 11 is 0. The normalized spacial score (nSPS) is 38.7. The Morgan fingerprint density at radius 2 is 2.00 bits per heavy atom. The van der Waals surface area contributed by atoms with Gasteiger partial charge >= 0.3 is 5.97 Å². The number of ketones is 1. The predicted molar refractivity (Wildman–Crippen MR) is 113 cm³/mol. The number of hydrogen-bond acceptors (Lipinski definition) is 6. The molecule has 1 amide bonds. The highest BCUT2D eigenvalue weighted by Crippen LogP contribution is 2.71. The average molecular weight is 441 g/mol. The van der Waals surface area contributed by atoms with Gasteiger partial charge in [0.15, 0.2) is 11.5 Å². The number of allylic oxidation sites excluding steroid dienone is 2. The van der Waals surface area contributed by atoms with Gasteiger partial charge in [-0.2, -0.15) is 0 Å². The molecule has 2 saturated carbocycles. The standard InChI is InChI=1S/C24H27NO7/c1-22(7-6-17(28)25-18-14(26)4-3-13(19(18)29)21(30)31)16(27)5-8-24-10-12-9-15(20(22)24)32-23(12,2)11-24/h3-5,8,12,15,20,26,29H,6-7,9-11H2,1-2H3,(H,25,28)(H,30,31)/t12?,15-,20?,22?,23+,24-/m1/s1. The summed E-state index contributed by atoms with van der Waals surface area (Å²) < 4.78 is 6.41. The highest BCUT2D eigenvalue weighted by atomic mass is 16.5. The Morgan fingerprint density at radius 1 is 1.25 bits per heavy atom. The van der Waals surface area contributed by atoms with Crippen molar-refractivity contribution in [3.8, 4) is 11.5 Å². The fourth-order valence-electron chi connectivity index (χ4n) is 7.09. The second-order valence-electron chi connectivity index (χ2n) is 10.3. The van der Waals surface area contributed by atoms with Crippen LogP contribution >= 0.6 is 0 Å². The smallest absolute Gasteiger partial charge is 0.339 e. The maximum absolute atomic E-state index is 13.1. The van der Waals surface area contributed by atoms with Crippen molar-refractivity contribution >= 4 is 23.3 Å². The maximum atomic E-state index is 13.1. The molecule has 8 heteroatoms. The van der Waals surface area contributed by atoms with E-state index in [1.807, 2.05) is 6.92 Å². The van der Waals surface area contributed by atoms with E-state index in [0.717, 1.165) is 31.4 Å². The van der Waals surface area contributed by atoms with E-state index in [0.29, 0.717) is 5.92 Å². The first kappa shape index (κ1) is 21.0. The Kier molecular flexibility index (Phi) is 4.31. The van der Waals surface area contributed by atoms with Crippen LogP contribution in [0.3, 0.4) is 0 Å². The van der Waals surface area contributed by atoms with Crippen molar-refractivity contribution in [2.24, 2.45) is 22.7 Å². The number of aromatic carboxylic acids is 1. The van der Waals surface area contributed by atoms with E-state index in [4.69, 9.17) is 9.84 Å². The van der Waals surface area contributed by atoms with Crippen molar-refractivity contribution in [3.05, 3.63) is 29.8 Å². The van der Waals surface area contributed by atoms with E-state index in [2.05, 4.69) is 18.3 Å². The van der Waals surface area contributed by atoms with Gasteiger partial charge in [0, 0.05) is 17.8 Å². The lowest BCUT2D eigenvalue weighted by atomic mass is 9.51. The Labute approximate surface area is 185 Å². The molecule has 1 aromatic rings. The van der Waals surface area contributed by atoms with Crippen molar-refractivity contribution in [2.45, 2.75) is 57.7 Å². The summed E-state index contributed by atoms with van der Waals surface area (Å²) in [6.45, 7) is 4.08. The molecule has 2 saturated heterocycles. The van der Waals surface area contributed by atoms with Crippen LogP contribution in [0.25, 0.3) is 0 Å². The number of nitrogens with one attached hydrogen (secondary N) is 1. The highest BCUT2D eigenvalue weighted by molar-refractivity contribution is 6.00. The lowest BCUT2D eigenvalue weighted by molar-refractivity contribution is -0.169. The van der Waals surface area contributed by atoms with Crippen LogP contribution in [0.4, 0.5) is 5.69 Å². The number of phenols is 2. The van der Waals surface area contributed by atoms with Gasteiger partial charge in [-0.25, -0.2) is 4.79 Å². The van der Waals surface area contributed by atoms with Gasteiger partial charge in [-0.05, 0) is 62.1 Å². The molecule has 4 bridgehead atoms. The van der Waals surface area contributed by atoms with E-state index in [-0.39, 0.29) is 47.4 Å². The van der Waals surface area contributed by atoms with Crippen molar-refractivity contribution in [2.75, 3.05) is 5.32 Å². The SMILES string of the molecule is CC1(CCC(=O)Nc2c(O)ccc(C(=O)O)c2O)C(=O)C=C[C@@]23CC4C[C@@H](O[C@@]4(C)C2)C13. The van der Waals surface area contributed by atoms with Gasteiger partial charge in [0.25, 0.3) is 0 Å². The van der Waals surface area contributed by atoms with Crippen molar-refractivity contribution in [3.63, 3.8) is 0 Å². The summed E-state index contributed by atoms with van der Waals surface area (Å²) in [5.74, 6) is -2.55. The fraction of sp³-hybridized carbons (Fsp3) is 0.542. The molecule has 4 N–H and O–H groups in total. The second kappa shape index (κ2) is 6.57. The van der Waals surface area contributed by atoms with Crippen LogP contribution in [0.5, 0.6) is 11.5 Å². The van der Waals surface area contributed by atoms with Crippen LogP contribution in [0.15, 0.2) is 24.3 Å². The zero-order valence-corrected chi connectivity index (χ0v) is 18.1. The summed E-state index contributed by atoms with van der Waals surface area (Å²) in [5.41, 5.74) is -1.75. The van der Waals surface area contributed by atoms with E-state index in [9.17, 15) is 24.6 Å². The topological polar surface area (TPSA) is 133 Å². The molecule has 1 spiro atoms. The van der Waals surface area contributed by atoms with Gasteiger partial charge in [-0.3, -0.25) is 9.59 Å². The number of ether oxygens (including phenoxy) is 1. The van der Waals surface area contributed by atoms with E-state index < -0.39 is 34.4 Å². The Balaban J connectivity index is 1.36. The third-order valence-electron chi connectivity index (χ3n) is 8.44. The molecular weight excluding hydrogens is 414 g/mol. The molecule has 2 heterocycles. The second-order valence-corrected chi connectivity index (χ2v) is 10.3. The number of carboxylic acid groups (broad SMARTS) is 1. The lowest BCUT2D eigenvalue weighted by Crippen LogP contribution is -2.56. The Hall–Kier alpha value is -2.87. The maximum Gasteiger partial charge on any atom is 0.339 e. The monoisotopic (exact) mass is 441 g/mol. The minimum absolute atomic E-state index is 0.00395. The number of amides is 1. The van der Waals surface area contributed by atoms with E-state index in [1.165, 1.54) is 0 Å². The van der Waals surface area contributed by atoms with Crippen molar-refractivity contribution < 1.29 is 34.4 Å². The van der Waals surface area contributed by atoms with Crippen LogP contribution in [0, 0.1) is 22.7 Å². The average Bonchev–Trinajstić information content (AvgIpc) is 3.08. The minimum Gasteiger partial charge on any atom is -0.506 e. The van der Waals surface area contributed by atoms with Crippen LogP contribution in [-0.4, -0.2) is 44.7 Å². The predicted octanol–water partition coefficient (Wildman–Crippen LogP) is 3.23. The molecule has 4 fully saturated rings. The fourth-order valence-corrected chi connectivity index (χ4v) is 7.09. The van der Waals surface area contributed by atoms with E-state index >= 15 is 0 Å². The molecule has 170 valence electrons. The molecule has 8 nitrogen and oxygen atoms in total. The summed E-state index contributed by atoms with van der Waals surface area (Å²) in [7, 11) is 0. The number of anilines is 1. The number of aromatic hydroxyl groups is 2. The Morgan fingerprint density at radius 3 is 2.69 bits per heavy atom. The first-order chi connectivity index (χ1) is 15.0. The number of carbonyl (C=O) groups excluding carboxylic acids is 2. The summed E-state index contributed by atoms with van der Waals surface area (Å²) in [5, 5.41) is 31.7. The third-order valence-corrected chi connectivity index (χ3v) is 8.44. The molecule has 2 aliphatic heterocycles. The Bertz CT molecular complexity index is 1080. The van der Waals surface area contributed by atoms with Crippen LogP contribution in [0.1, 0.15) is 56.3 Å². The van der Waals surface area contributed by atoms with Crippen LogP contribution in [-0.2, 0) is 14.3 Å². The molecule has 5 aliphatic rings. The molecule has 6 atom stereocenters. The third kappa shape index (κ3) is 2.75. The van der Waals surface area contributed by atoms with Gasteiger partial charge in [0.2, 0.25) is 5.91 Å². The van der Waals surface area contributed by atoms with E-state index in [1.54, 1.807) is 6.08 Å². The van der Waals surface area contributed by atoms with Gasteiger partial charge in [-0.15, -0.1) is 0 Å². The largest absolute Gasteiger partial charge is 0.506 e. The number of phenolic OH excluding ortho intramolecular Hbond substituents is 1. The first-order valence-electron chi connectivity index (χ1n) is 11.0. The number of benzene rings is 1. The van der Waals surface area contributed by atoms with Crippen LogP contribution in [0.2, 0.25) is 0 Å². The molecule has 3 aliphatic carbocycles.